The minimum atomic E-state index is -4.27. The molecule has 0 fully saturated rings. The van der Waals surface area contributed by atoms with Crippen LogP contribution in [0.3, 0.4) is 0 Å². The highest BCUT2D eigenvalue weighted by Crippen LogP contribution is 2.59. The fourth-order valence-corrected chi connectivity index (χ4v) is 8.11. The van der Waals surface area contributed by atoms with Crippen molar-refractivity contribution >= 4 is 49.2 Å². The van der Waals surface area contributed by atoms with Crippen LogP contribution < -0.4 is 9.21 Å². The molecule has 5 rings (SSSR count). The van der Waals surface area contributed by atoms with Crippen molar-refractivity contribution in [2.24, 2.45) is 0 Å². The van der Waals surface area contributed by atoms with Crippen LogP contribution in [-0.4, -0.2) is 39.5 Å². The first-order valence-electron chi connectivity index (χ1n) is 12.6. The summed E-state index contributed by atoms with van der Waals surface area (Å²) in [5.74, 6) is -1.42. The van der Waals surface area contributed by atoms with Gasteiger partial charge in [-0.25, -0.2) is 13.2 Å². The Morgan fingerprint density at radius 1 is 1.10 bits per heavy atom. The molecule has 0 saturated heterocycles. The molecule has 2 aliphatic heterocycles. The molecule has 0 saturated carbocycles. The molecule has 1 amide bonds. The quantitative estimate of drug-likeness (QED) is 0.283. The second-order valence-electron chi connectivity index (χ2n) is 9.85. The summed E-state index contributed by atoms with van der Waals surface area (Å²) in [5.41, 5.74) is 2.07. The van der Waals surface area contributed by atoms with Gasteiger partial charge in [-0.2, -0.15) is 0 Å². The molecule has 9 heteroatoms. The molecule has 3 aromatic rings. The number of allylic oxidation sites excluding steroid dienone is 1. The van der Waals surface area contributed by atoms with Crippen molar-refractivity contribution in [2.45, 2.75) is 43.0 Å². The van der Waals surface area contributed by atoms with Gasteiger partial charge in [-0.05, 0) is 61.4 Å². The van der Waals surface area contributed by atoms with Gasteiger partial charge in [0.2, 0.25) is 5.91 Å². The lowest BCUT2D eigenvalue weighted by atomic mass is 9.61. The number of nitrogens with zero attached hydrogens (tertiary/aromatic N) is 2. The number of sulfonamides is 1. The van der Waals surface area contributed by atoms with E-state index in [9.17, 15) is 18.0 Å². The van der Waals surface area contributed by atoms with Crippen LogP contribution in [0.15, 0.2) is 88.8 Å². The maximum Gasteiger partial charge on any atom is 0.331 e. The zero-order valence-corrected chi connectivity index (χ0v) is 24.3. The van der Waals surface area contributed by atoms with E-state index in [0.717, 1.165) is 10.0 Å². The monoisotopic (exact) mass is 608 g/mol. The second-order valence-corrected chi connectivity index (χ2v) is 12.6. The van der Waals surface area contributed by atoms with Crippen molar-refractivity contribution < 1.29 is 22.7 Å². The number of halogens is 1. The number of carbonyl (C=O) groups excluding carboxylic acids is 2. The number of anilines is 2. The van der Waals surface area contributed by atoms with Gasteiger partial charge in [-0.3, -0.25) is 9.10 Å². The van der Waals surface area contributed by atoms with E-state index < -0.39 is 33.4 Å². The highest BCUT2D eigenvalue weighted by atomic mass is 79.9. The predicted octanol–water partition coefficient (Wildman–Crippen LogP) is 5.47. The number of aryl methyl sites for hydroxylation is 1. The third kappa shape index (κ3) is 4.10. The Morgan fingerprint density at radius 2 is 1.79 bits per heavy atom. The lowest BCUT2D eigenvalue weighted by Crippen LogP contribution is -2.64. The minimum absolute atomic E-state index is 0.0539. The Hall–Kier alpha value is -3.43. The molecule has 0 aromatic heterocycles. The topological polar surface area (TPSA) is 84.0 Å². The first-order valence-corrected chi connectivity index (χ1v) is 14.9. The lowest BCUT2D eigenvalue weighted by Gasteiger charge is -2.51. The molecule has 3 unspecified atom stereocenters. The standard InChI is InChI=1S/C30H29BrN2O5S/c1-5-24-23-17-21(31)13-16-26(23)33(39(36,37)22-14-11-19(3)12-15-22)28(29(35)38-6-2)30(24)18-32(20(4)34)27-10-8-7-9-25(27)30/h5,7-17,24,28H,1,6,18H2,2-4H3. The summed E-state index contributed by atoms with van der Waals surface area (Å²) < 4.78 is 36.6. The molecule has 202 valence electrons. The summed E-state index contributed by atoms with van der Waals surface area (Å²) in [7, 11) is -4.27. The van der Waals surface area contributed by atoms with Crippen molar-refractivity contribution in [3.63, 3.8) is 0 Å². The number of hydrogen-bond acceptors (Lipinski definition) is 5. The van der Waals surface area contributed by atoms with E-state index in [4.69, 9.17) is 4.74 Å². The van der Waals surface area contributed by atoms with Crippen LogP contribution >= 0.6 is 15.9 Å². The molecule has 0 N–H and O–H groups in total. The number of amides is 1. The van der Waals surface area contributed by atoms with Gasteiger partial charge in [0, 0.05) is 29.5 Å². The van der Waals surface area contributed by atoms with Gasteiger partial charge >= 0.3 is 5.97 Å². The van der Waals surface area contributed by atoms with Gasteiger partial charge in [0.15, 0.2) is 6.04 Å². The average molecular weight is 610 g/mol. The summed E-state index contributed by atoms with van der Waals surface area (Å²) in [6, 6.07) is 17.9. The molecule has 1 spiro atoms. The number of esters is 1. The van der Waals surface area contributed by atoms with Gasteiger partial charge in [0.1, 0.15) is 0 Å². The van der Waals surface area contributed by atoms with Crippen molar-refractivity contribution in [1.82, 2.24) is 0 Å². The number of hydrogen-bond donors (Lipinski definition) is 0. The second kappa shape index (κ2) is 9.95. The average Bonchev–Trinajstić information content (AvgIpc) is 3.24. The molecular weight excluding hydrogens is 580 g/mol. The van der Waals surface area contributed by atoms with Crippen LogP contribution in [0, 0.1) is 6.92 Å². The number of rotatable bonds is 5. The van der Waals surface area contributed by atoms with E-state index in [0.29, 0.717) is 22.5 Å². The summed E-state index contributed by atoms with van der Waals surface area (Å²) >= 11 is 3.54. The van der Waals surface area contributed by atoms with Gasteiger partial charge in [0.05, 0.1) is 22.6 Å². The molecule has 0 radical (unpaired) electrons. The molecule has 0 aliphatic carbocycles. The number of para-hydroxylation sites is 1. The summed E-state index contributed by atoms with van der Waals surface area (Å²) in [6.45, 7) is 9.30. The van der Waals surface area contributed by atoms with Crippen molar-refractivity contribution in [1.29, 1.82) is 0 Å². The van der Waals surface area contributed by atoms with Gasteiger partial charge in [-0.15, -0.1) is 6.58 Å². The van der Waals surface area contributed by atoms with Crippen LogP contribution in [0.4, 0.5) is 11.4 Å². The molecular formula is C30H29BrN2O5S. The number of benzene rings is 3. The SMILES string of the molecule is C=CC1c2cc(Br)ccc2N(S(=O)(=O)c2ccc(C)cc2)C(C(=O)OCC)C12CN(C(C)=O)c1ccccc12. The fraction of sp³-hybridized carbons (Fsp3) is 0.267. The van der Waals surface area contributed by atoms with Crippen LogP contribution in [0.2, 0.25) is 0 Å². The molecule has 39 heavy (non-hydrogen) atoms. The van der Waals surface area contributed by atoms with E-state index in [1.54, 1.807) is 54.3 Å². The van der Waals surface area contributed by atoms with Crippen LogP contribution in [0.5, 0.6) is 0 Å². The van der Waals surface area contributed by atoms with Crippen molar-refractivity contribution in [3.8, 4) is 0 Å². The maximum absolute atomic E-state index is 14.5. The van der Waals surface area contributed by atoms with Crippen LogP contribution in [0.25, 0.3) is 0 Å². The molecule has 2 heterocycles. The summed E-state index contributed by atoms with van der Waals surface area (Å²) in [6.07, 6.45) is 1.74. The number of carbonyl (C=O) groups is 2. The van der Waals surface area contributed by atoms with Gasteiger partial charge < -0.3 is 9.64 Å². The van der Waals surface area contributed by atoms with E-state index in [-0.39, 0.29) is 24.0 Å². The Morgan fingerprint density at radius 3 is 2.44 bits per heavy atom. The van der Waals surface area contributed by atoms with Gasteiger partial charge in [0.25, 0.3) is 10.0 Å². The molecule has 0 bridgehead atoms. The smallest absolute Gasteiger partial charge is 0.331 e. The highest BCUT2D eigenvalue weighted by Gasteiger charge is 2.63. The largest absolute Gasteiger partial charge is 0.464 e. The Kier molecular flexibility index (Phi) is 6.93. The lowest BCUT2D eigenvalue weighted by molar-refractivity contribution is -0.146. The summed E-state index contributed by atoms with van der Waals surface area (Å²) in [5, 5.41) is 0. The number of fused-ring (bicyclic) bond motifs is 3. The van der Waals surface area contributed by atoms with E-state index in [2.05, 4.69) is 22.5 Å². The van der Waals surface area contributed by atoms with E-state index in [1.807, 2.05) is 37.3 Å². The Labute approximate surface area is 237 Å². The zero-order chi connectivity index (χ0) is 28.1. The molecule has 2 aliphatic rings. The minimum Gasteiger partial charge on any atom is -0.464 e. The third-order valence-electron chi connectivity index (χ3n) is 7.66. The molecule has 7 nitrogen and oxygen atoms in total. The van der Waals surface area contributed by atoms with Gasteiger partial charge in [-0.1, -0.05) is 57.9 Å². The first-order chi connectivity index (χ1) is 18.6. The van der Waals surface area contributed by atoms with Crippen LogP contribution in [0.1, 0.15) is 36.5 Å². The third-order valence-corrected chi connectivity index (χ3v) is 9.95. The zero-order valence-electron chi connectivity index (χ0n) is 21.9. The highest BCUT2D eigenvalue weighted by molar-refractivity contribution is 9.10. The Balaban J connectivity index is 1.91. The first kappa shape index (κ1) is 27.1. The fourth-order valence-electron chi connectivity index (χ4n) is 6.04. The molecule has 3 aromatic carbocycles. The van der Waals surface area contributed by atoms with E-state index >= 15 is 0 Å². The predicted molar refractivity (Wildman–Crippen MR) is 154 cm³/mol. The number of ether oxygens (including phenoxy) is 1. The Bertz CT molecular complexity index is 1590. The summed E-state index contributed by atoms with van der Waals surface area (Å²) in [4.78, 5) is 28.6. The normalized spacial score (nSPS) is 21.8. The molecule has 3 atom stereocenters. The van der Waals surface area contributed by atoms with E-state index in [1.165, 1.54) is 11.2 Å². The van der Waals surface area contributed by atoms with Crippen LogP contribution in [-0.2, 0) is 29.8 Å². The maximum atomic E-state index is 14.5. The van der Waals surface area contributed by atoms with Crippen molar-refractivity contribution in [2.75, 3.05) is 22.4 Å². The van der Waals surface area contributed by atoms with Crippen molar-refractivity contribution in [3.05, 3.63) is 101 Å².